The van der Waals surface area contributed by atoms with Crippen molar-refractivity contribution in [3.8, 4) is 0 Å². The van der Waals surface area contributed by atoms with Gasteiger partial charge in [-0.2, -0.15) is 0 Å². The van der Waals surface area contributed by atoms with E-state index in [1.54, 1.807) is 6.08 Å². The summed E-state index contributed by atoms with van der Waals surface area (Å²) in [7, 11) is 0. The Morgan fingerprint density at radius 3 is 1.35 bits per heavy atom. The number of amides is 1. The fourth-order valence-electron chi connectivity index (χ4n) is 9.67. The predicted octanol–water partition coefficient (Wildman–Crippen LogP) is 14.1. The Hall–Kier alpha value is -1.86. The van der Waals surface area contributed by atoms with Gasteiger partial charge in [-0.05, 0) is 57.8 Å². The Labute approximate surface area is 441 Å². The highest BCUT2D eigenvalue weighted by molar-refractivity contribution is 5.76. The number of allylic oxidation sites excluding steroid dienone is 3. The molecule has 0 aromatic heterocycles. The van der Waals surface area contributed by atoms with Gasteiger partial charge >= 0.3 is 5.97 Å². The highest BCUT2D eigenvalue weighted by Crippen LogP contribution is 2.23. The van der Waals surface area contributed by atoms with Crippen LogP contribution < -0.4 is 5.32 Å². The normalized spacial score (nSPS) is 19.1. The van der Waals surface area contributed by atoms with E-state index in [9.17, 15) is 35.1 Å². The van der Waals surface area contributed by atoms with Crippen molar-refractivity contribution in [3.63, 3.8) is 0 Å². The quantitative estimate of drug-likeness (QED) is 0.0195. The van der Waals surface area contributed by atoms with Crippen molar-refractivity contribution >= 4 is 11.9 Å². The molecule has 1 aliphatic rings. The van der Waals surface area contributed by atoms with Gasteiger partial charge in [-0.3, -0.25) is 9.59 Å². The van der Waals surface area contributed by atoms with Crippen LogP contribution in [0.25, 0.3) is 0 Å². The molecular weight excluding hydrogens is 907 g/mol. The van der Waals surface area contributed by atoms with E-state index in [1.807, 2.05) is 6.08 Å². The molecule has 1 aliphatic heterocycles. The maximum absolute atomic E-state index is 13.0. The second-order valence-corrected chi connectivity index (χ2v) is 21.4. The molecule has 11 heteroatoms. The van der Waals surface area contributed by atoms with Gasteiger partial charge in [0.05, 0.1) is 32.0 Å². The summed E-state index contributed by atoms with van der Waals surface area (Å²) in [5, 5.41) is 54.2. The van der Waals surface area contributed by atoms with Crippen LogP contribution in [-0.4, -0.2) is 100 Å². The zero-order valence-corrected chi connectivity index (χ0v) is 46.7. The molecular formula is C61H115NO10. The minimum absolute atomic E-state index is 0.00843. The molecule has 0 aliphatic carbocycles. The van der Waals surface area contributed by atoms with Gasteiger partial charge in [-0.1, -0.05) is 244 Å². The average Bonchev–Trinajstić information content (AvgIpc) is 3.38. The molecule has 1 amide bonds. The lowest BCUT2D eigenvalue weighted by molar-refractivity contribution is -0.302. The van der Waals surface area contributed by atoms with E-state index in [4.69, 9.17) is 14.2 Å². The van der Waals surface area contributed by atoms with Crippen LogP contribution in [0.4, 0.5) is 0 Å². The molecule has 7 atom stereocenters. The average molecular weight is 1020 g/mol. The van der Waals surface area contributed by atoms with Crippen LogP contribution in [0.5, 0.6) is 0 Å². The molecule has 0 spiro atoms. The van der Waals surface area contributed by atoms with Gasteiger partial charge in [-0.25, -0.2) is 0 Å². The third kappa shape index (κ3) is 40.5. The monoisotopic (exact) mass is 1020 g/mol. The fraction of sp³-hybridized carbons (Fsp3) is 0.902. The van der Waals surface area contributed by atoms with E-state index in [-0.39, 0.29) is 18.5 Å². The van der Waals surface area contributed by atoms with Gasteiger partial charge in [-0.15, -0.1) is 0 Å². The Balaban J connectivity index is 1.99. The number of carbonyl (C=O) groups excluding carboxylic acids is 2. The summed E-state index contributed by atoms with van der Waals surface area (Å²) >= 11 is 0. The maximum Gasteiger partial charge on any atom is 0.305 e. The molecule has 424 valence electrons. The van der Waals surface area contributed by atoms with Gasteiger partial charge in [0.1, 0.15) is 24.4 Å². The van der Waals surface area contributed by atoms with Crippen LogP contribution in [0.15, 0.2) is 24.3 Å². The Bertz CT molecular complexity index is 1250. The van der Waals surface area contributed by atoms with E-state index in [2.05, 4.69) is 31.3 Å². The topological polar surface area (TPSA) is 175 Å². The third-order valence-electron chi connectivity index (χ3n) is 14.6. The largest absolute Gasteiger partial charge is 0.466 e. The minimum Gasteiger partial charge on any atom is -0.466 e. The van der Waals surface area contributed by atoms with Gasteiger partial charge in [0.25, 0.3) is 0 Å². The Morgan fingerprint density at radius 1 is 0.500 bits per heavy atom. The van der Waals surface area contributed by atoms with Crippen molar-refractivity contribution in [2.75, 3.05) is 19.8 Å². The van der Waals surface area contributed by atoms with Crippen molar-refractivity contribution in [1.82, 2.24) is 5.32 Å². The number of carbonyl (C=O) groups is 2. The number of unbranched alkanes of at least 4 members (excludes halogenated alkanes) is 37. The number of nitrogens with one attached hydrogen (secondary N) is 1. The van der Waals surface area contributed by atoms with Crippen molar-refractivity contribution in [1.29, 1.82) is 0 Å². The second-order valence-electron chi connectivity index (χ2n) is 21.4. The summed E-state index contributed by atoms with van der Waals surface area (Å²) in [5.74, 6) is -0.192. The number of ether oxygens (including phenoxy) is 3. The summed E-state index contributed by atoms with van der Waals surface area (Å²) in [6.07, 6.45) is 51.4. The number of aliphatic hydroxyl groups is 5. The highest BCUT2D eigenvalue weighted by atomic mass is 16.7. The van der Waals surface area contributed by atoms with Gasteiger partial charge in [0.15, 0.2) is 6.29 Å². The summed E-state index contributed by atoms with van der Waals surface area (Å²) in [5.41, 5.74) is 0. The minimum atomic E-state index is -1.57. The lowest BCUT2D eigenvalue weighted by Gasteiger charge is -2.40. The van der Waals surface area contributed by atoms with Gasteiger partial charge in [0.2, 0.25) is 5.91 Å². The zero-order valence-electron chi connectivity index (χ0n) is 46.7. The van der Waals surface area contributed by atoms with Crippen LogP contribution >= 0.6 is 0 Å². The molecule has 6 N–H and O–H groups in total. The van der Waals surface area contributed by atoms with Gasteiger partial charge in [0, 0.05) is 12.8 Å². The molecule has 1 heterocycles. The van der Waals surface area contributed by atoms with Crippen molar-refractivity contribution in [2.45, 2.75) is 333 Å². The van der Waals surface area contributed by atoms with Crippen LogP contribution in [0.3, 0.4) is 0 Å². The van der Waals surface area contributed by atoms with Crippen LogP contribution in [0.1, 0.15) is 290 Å². The van der Waals surface area contributed by atoms with Crippen LogP contribution in [0, 0.1) is 0 Å². The highest BCUT2D eigenvalue weighted by Gasteiger charge is 2.44. The van der Waals surface area contributed by atoms with Crippen molar-refractivity contribution in [2.24, 2.45) is 0 Å². The van der Waals surface area contributed by atoms with Crippen molar-refractivity contribution < 1.29 is 49.3 Å². The number of hydrogen-bond donors (Lipinski definition) is 6. The zero-order chi connectivity index (χ0) is 52.4. The molecule has 1 saturated heterocycles. The number of hydrogen-bond acceptors (Lipinski definition) is 10. The summed E-state index contributed by atoms with van der Waals surface area (Å²) in [6.45, 7) is 4.30. The van der Waals surface area contributed by atoms with E-state index in [1.165, 1.54) is 205 Å². The first-order chi connectivity index (χ1) is 35.2. The molecule has 0 saturated carbocycles. The first kappa shape index (κ1) is 68.2. The number of rotatable bonds is 53. The standard InChI is InChI=1S/C61H115NO10/c1-3-5-7-9-11-13-14-25-29-33-37-41-45-49-57(66)70-50-46-42-38-34-30-27-24-22-20-18-16-15-17-19-21-23-26-28-32-36-40-44-48-56(65)62-53(54(64)47-43-39-35-31-12-10-8-6-4-2)52-71-61-60(69)59(68)58(67)55(51-63)72-61/h13-14,43,47,53-55,58-61,63-64,67-69H,3-12,15-42,44-46,48-52H2,1-2H3,(H,62,65)/b14-13-,47-43+. The predicted molar refractivity (Wildman–Crippen MR) is 297 cm³/mol. The number of aliphatic hydroxyl groups excluding tert-OH is 5. The first-order valence-electron chi connectivity index (χ1n) is 30.6. The lowest BCUT2D eigenvalue weighted by atomic mass is 9.99. The van der Waals surface area contributed by atoms with E-state index in [0.717, 1.165) is 57.8 Å². The molecule has 7 unspecified atom stereocenters. The molecule has 1 fully saturated rings. The second kappa shape index (κ2) is 51.3. The first-order valence-corrected chi connectivity index (χ1v) is 30.6. The molecule has 0 bridgehead atoms. The maximum atomic E-state index is 13.0. The van der Waals surface area contributed by atoms with Gasteiger partial charge < -0.3 is 45.1 Å². The van der Waals surface area contributed by atoms with Crippen molar-refractivity contribution in [3.05, 3.63) is 24.3 Å². The Morgan fingerprint density at radius 2 is 0.889 bits per heavy atom. The van der Waals surface area contributed by atoms with E-state index >= 15 is 0 Å². The molecule has 0 aromatic rings. The summed E-state index contributed by atoms with van der Waals surface area (Å²) in [6, 6.07) is -0.808. The lowest BCUT2D eigenvalue weighted by Crippen LogP contribution is -2.60. The molecule has 1 rings (SSSR count). The van der Waals surface area contributed by atoms with Crippen LogP contribution in [0.2, 0.25) is 0 Å². The van der Waals surface area contributed by atoms with E-state index < -0.39 is 49.5 Å². The smallest absolute Gasteiger partial charge is 0.305 e. The Kier molecular flexibility index (Phi) is 48.5. The fourth-order valence-corrected chi connectivity index (χ4v) is 9.67. The SMILES string of the molecule is CCCCCC/C=C\CCCCCCCC(=O)OCCCCCCCCCCCCCCCCCCCCCCCCC(=O)NC(COC1OC(CO)C(O)C(O)C1O)C(O)/C=C/CCCCCCCCC. The number of esters is 1. The van der Waals surface area contributed by atoms with E-state index in [0.29, 0.717) is 19.4 Å². The van der Waals surface area contributed by atoms with Crippen LogP contribution in [-0.2, 0) is 23.8 Å². The molecule has 0 radical (unpaired) electrons. The summed E-state index contributed by atoms with van der Waals surface area (Å²) < 4.78 is 16.7. The molecule has 11 nitrogen and oxygen atoms in total. The summed E-state index contributed by atoms with van der Waals surface area (Å²) in [4.78, 5) is 25.0. The molecule has 0 aromatic carbocycles. The third-order valence-corrected chi connectivity index (χ3v) is 14.6. The molecule has 72 heavy (non-hydrogen) atoms.